The molecule has 2 heteroatoms. The second kappa shape index (κ2) is 5.29. The summed E-state index contributed by atoms with van der Waals surface area (Å²) in [5.74, 6) is 1.81. The van der Waals surface area contributed by atoms with E-state index in [4.69, 9.17) is 4.74 Å². The zero-order valence-corrected chi connectivity index (χ0v) is 11.5. The Balaban J connectivity index is 2.02. The molecule has 3 rings (SSSR count). The van der Waals surface area contributed by atoms with E-state index < -0.39 is 0 Å². The zero-order chi connectivity index (χ0) is 13.1. The summed E-state index contributed by atoms with van der Waals surface area (Å²) in [5, 5.41) is 4.40. The van der Waals surface area contributed by atoms with Crippen LogP contribution in [-0.2, 0) is 0 Å². The van der Waals surface area contributed by atoms with E-state index in [2.05, 4.69) is 29.6 Å². The molecule has 0 spiro atoms. The van der Waals surface area contributed by atoms with E-state index >= 15 is 0 Å². The molecule has 2 aromatic carbocycles. The molecule has 0 radical (unpaired) electrons. The first-order chi connectivity index (χ1) is 9.38. The molecule has 0 bridgehead atoms. The largest absolute Gasteiger partial charge is 0.456 e. The van der Waals surface area contributed by atoms with Crippen LogP contribution in [0.2, 0.25) is 0 Å². The molecule has 1 heterocycles. The van der Waals surface area contributed by atoms with Gasteiger partial charge in [-0.1, -0.05) is 42.5 Å². The van der Waals surface area contributed by atoms with Crippen LogP contribution in [0.5, 0.6) is 5.75 Å². The van der Waals surface area contributed by atoms with Gasteiger partial charge in [0, 0.05) is 5.39 Å². The predicted molar refractivity (Wildman–Crippen MR) is 82.5 cm³/mol. The van der Waals surface area contributed by atoms with Crippen LogP contribution in [0.15, 0.2) is 66.1 Å². The third-order valence-electron chi connectivity index (χ3n) is 3.00. The SMILES string of the molecule is C/C=C(\Oc1cccc2ccccc12)c1cccs1. The molecular weight excluding hydrogens is 252 g/mol. The van der Waals surface area contributed by atoms with Crippen LogP contribution in [0.1, 0.15) is 11.8 Å². The monoisotopic (exact) mass is 266 g/mol. The average Bonchev–Trinajstić information content (AvgIpc) is 2.99. The summed E-state index contributed by atoms with van der Waals surface area (Å²) in [6.07, 6.45) is 2.01. The first kappa shape index (κ1) is 12.0. The van der Waals surface area contributed by atoms with Gasteiger partial charge in [0.2, 0.25) is 0 Å². The van der Waals surface area contributed by atoms with E-state index in [-0.39, 0.29) is 0 Å². The lowest BCUT2D eigenvalue weighted by molar-refractivity contribution is 0.522. The van der Waals surface area contributed by atoms with Crippen LogP contribution < -0.4 is 4.74 Å². The van der Waals surface area contributed by atoms with Gasteiger partial charge in [0.05, 0.1) is 4.88 Å². The third kappa shape index (κ3) is 2.40. The molecule has 0 fully saturated rings. The Morgan fingerprint density at radius 1 is 1.00 bits per heavy atom. The summed E-state index contributed by atoms with van der Waals surface area (Å²) in [4.78, 5) is 1.15. The Morgan fingerprint density at radius 3 is 2.63 bits per heavy atom. The van der Waals surface area contributed by atoms with Gasteiger partial charge in [-0.05, 0) is 35.9 Å². The maximum Gasteiger partial charge on any atom is 0.140 e. The van der Waals surface area contributed by atoms with Crippen molar-refractivity contribution >= 4 is 27.9 Å². The predicted octanol–water partition coefficient (Wildman–Crippen LogP) is 5.34. The number of ether oxygens (including phenoxy) is 1. The van der Waals surface area contributed by atoms with E-state index in [1.54, 1.807) is 11.3 Å². The lowest BCUT2D eigenvalue weighted by Crippen LogP contribution is -1.93. The number of thiophene rings is 1. The van der Waals surface area contributed by atoms with Crippen LogP contribution in [0.4, 0.5) is 0 Å². The Hall–Kier alpha value is -2.06. The summed E-state index contributed by atoms with van der Waals surface area (Å²) in [5.41, 5.74) is 0. The van der Waals surface area contributed by atoms with Gasteiger partial charge in [-0.2, -0.15) is 0 Å². The van der Waals surface area contributed by atoms with Crippen molar-refractivity contribution in [2.75, 3.05) is 0 Å². The van der Waals surface area contributed by atoms with Gasteiger partial charge >= 0.3 is 0 Å². The van der Waals surface area contributed by atoms with Crippen LogP contribution in [0, 0.1) is 0 Å². The van der Waals surface area contributed by atoms with Crippen LogP contribution in [0.3, 0.4) is 0 Å². The maximum atomic E-state index is 6.09. The number of hydrogen-bond acceptors (Lipinski definition) is 2. The van der Waals surface area contributed by atoms with Crippen LogP contribution in [-0.4, -0.2) is 0 Å². The molecule has 0 saturated carbocycles. The number of benzene rings is 2. The Bertz CT molecular complexity index is 706. The second-order valence-corrected chi connectivity index (χ2v) is 5.16. The van der Waals surface area contributed by atoms with E-state index in [9.17, 15) is 0 Å². The molecule has 0 saturated heterocycles. The van der Waals surface area contributed by atoms with Gasteiger partial charge in [0.25, 0.3) is 0 Å². The standard InChI is InChI=1S/C17H14OS/c1-2-15(17-11-6-12-19-17)18-16-10-5-8-13-7-3-4-9-14(13)16/h2-12H,1H3/b15-2-. The van der Waals surface area contributed by atoms with Crippen molar-refractivity contribution in [3.8, 4) is 5.75 Å². The molecule has 0 unspecified atom stereocenters. The van der Waals surface area contributed by atoms with Crippen LogP contribution in [0.25, 0.3) is 16.5 Å². The van der Waals surface area contributed by atoms with Crippen molar-refractivity contribution in [1.29, 1.82) is 0 Å². The van der Waals surface area contributed by atoms with E-state index in [0.717, 1.165) is 21.8 Å². The van der Waals surface area contributed by atoms with E-state index in [0.29, 0.717) is 0 Å². The van der Waals surface area contributed by atoms with Gasteiger partial charge < -0.3 is 4.74 Å². The van der Waals surface area contributed by atoms with Crippen molar-refractivity contribution < 1.29 is 4.74 Å². The fourth-order valence-corrected chi connectivity index (χ4v) is 2.81. The highest BCUT2D eigenvalue weighted by Crippen LogP contribution is 2.30. The lowest BCUT2D eigenvalue weighted by Gasteiger charge is -2.10. The normalized spacial score (nSPS) is 11.7. The van der Waals surface area contributed by atoms with E-state index in [1.165, 1.54) is 5.39 Å². The zero-order valence-electron chi connectivity index (χ0n) is 10.7. The van der Waals surface area contributed by atoms with Gasteiger partial charge in [-0.25, -0.2) is 0 Å². The molecule has 0 N–H and O–H groups in total. The van der Waals surface area contributed by atoms with Gasteiger partial charge in [0.1, 0.15) is 11.5 Å². The fraction of sp³-hybridized carbons (Fsp3) is 0.0588. The van der Waals surface area contributed by atoms with Crippen molar-refractivity contribution in [3.05, 3.63) is 70.9 Å². The summed E-state index contributed by atoms with van der Waals surface area (Å²) >= 11 is 1.69. The molecule has 1 nitrogen and oxygen atoms in total. The average molecular weight is 266 g/mol. The van der Waals surface area contributed by atoms with Crippen LogP contribution >= 0.6 is 11.3 Å². The van der Waals surface area contributed by atoms with Gasteiger partial charge in [0.15, 0.2) is 0 Å². The molecule has 19 heavy (non-hydrogen) atoms. The number of rotatable bonds is 3. The van der Waals surface area contributed by atoms with Gasteiger partial charge in [-0.15, -0.1) is 11.3 Å². The Kier molecular flexibility index (Phi) is 3.34. The minimum absolute atomic E-state index is 0.902. The topological polar surface area (TPSA) is 9.23 Å². The minimum Gasteiger partial charge on any atom is -0.456 e. The molecule has 0 aliphatic rings. The second-order valence-electron chi connectivity index (χ2n) is 4.21. The van der Waals surface area contributed by atoms with Crippen molar-refractivity contribution in [3.63, 3.8) is 0 Å². The Morgan fingerprint density at radius 2 is 1.84 bits per heavy atom. The third-order valence-corrected chi connectivity index (χ3v) is 3.88. The Labute approximate surface area is 116 Å². The molecule has 0 aliphatic carbocycles. The lowest BCUT2D eigenvalue weighted by atomic mass is 10.1. The quantitative estimate of drug-likeness (QED) is 0.581. The van der Waals surface area contributed by atoms with E-state index in [1.807, 2.05) is 43.3 Å². The van der Waals surface area contributed by atoms with Gasteiger partial charge in [-0.3, -0.25) is 0 Å². The highest BCUT2D eigenvalue weighted by Gasteiger charge is 2.07. The highest BCUT2D eigenvalue weighted by molar-refractivity contribution is 7.11. The molecule has 94 valence electrons. The summed E-state index contributed by atoms with van der Waals surface area (Å²) in [6, 6.07) is 18.5. The van der Waals surface area contributed by atoms with Crippen molar-refractivity contribution in [2.24, 2.45) is 0 Å². The molecular formula is C17H14OS. The first-order valence-corrected chi connectivity index (χ1v) is 7.12. The summed E-state index contributed by atoms with van der Waals surface area (Å²) in [7, 11) is 0. The highest BCUT2D eigenvalue weighted by atomic mass is 32.1. The number of fused-ring (bicyclic) bond motifs is 1. The smallest absolute Gasteiger partial charge is 0.140 e. The minimum atomic E-state index is 0.902. The van der Waals surface area contributed by atoms with Crippen molar-refractivity contribution in [1.82, 2.24) is 0 Å². The molecule has 0 aliphatic heterocycles. The number of allylic oxidation sites excluding steroid dienone is 1. The summed E-state index contributed by atoms with van der Waals surface area (Å²) in [6.45, 7) is 2.00. The summed E-state index contributed by atoms with van der Waals surface area (Å²) < 4.78 is 6.09. The molecule has 3 aromatic rings. The molecule has 0 atom stereocenters. The molecule has 1 aromatic heterocycles. The first-order valence-electron chi connectivity index (χ1n) is 6.24. The fourth-order valence-electron chi connectivity index (χ4n) is 2.07. The van der Waals surface area contributed by atoms with Crippen molar-refractivity contribution in [2.45, 2.75) is 6.92 Å². The number of hydrogen-bond donors (Lipinski definition) is 0. The molecule has 0 amide bonds. The maximum absolute atomic E-state index is 6.09.